The summed E-state index contributed by atoms with van der Waals surface area (Å²) in [7, 11) is 0. The molecule has 0 unspecified atom stereocenters. The van der Waals surface area contributed by atoms with Crippen LogP contribution < -0.4 is 0 Å². The first-order chi connectivity index (χ1) is 6.50. The molecule has 1 heterocycles. The molecule has 0 amide bonds. The van der Waals surface area contributed by atoms with Crippen molar-refractivity contribution >= 4 is 21.6 Å². The summed E-state index contributed by atoms with van der Waals surface area (Å²) in [4.78, 5) is 3.91. The Hall–Kier alpha value is -1.10. The minimum Gasteiger partial charge on any atom is -0.244 e. The lowest BCUT2D eigenvalue weighted by atomic mass is 10.1. The molecule has 1 aromatic heterocycles. The van der Waals surface area contributed by atoms with Gasteiger partial charge in [-0.15, -0.1) is 11.3 Å². The van der Waals surface area contributed by atoms with Crippen molar-refractivity contribution in [2.24, 2.45) is 0 Å². The summed E-state index contributed by atoms with van der Waals surface area (Å²) >= 11 is 1.02. The zero-order valence-corrected chi connectivity index (χ0v) is 8.04. The van der Waals surface area contributed by atoms with Gasteiger partial charge in [0, 0.05) is 0 Å². The molecule has 0 saturated heterocycles. The number of hydrogen-bond donors (Lipinski definition) is 0. The SMILES string of the molecule is Cc1ccc(C(F)(F)F)c2scnc12. The van der Waals surface area contributed by atoms with Crippen LogP contribution in [0.3, 0.4) is 0 Å². The first-order valence-electron chi connectivity index (χ1n) is 3.90. The molecule has 0 fully saturated rings. The van der Waals surface area contributed by atoms with Gasteiger partial charge in [0.25, 0.3) is 0 Å². The van der Waals surface area contributed by atoms with Crippen LogP contribution in [-0.2, 0) is 6.18 Å². The zero-order valence-electron chi connectivity index (χ0n) is 7.22. The van der Waals surface area contributed by atoms with Crippen molar-refractivity contribution in [2.75, 3.05) is 0 Å². The highest BCUT2D eigenvalue weighted by Gasteiger charge is 2.33. The Labute approximate surface area is 82.2 Å². The molecule has 2 aromatic rings. The third-order valence-corrected chi connectivity index (χ3v) is 2.85. The molecule has 74 valence electrons. The zero-order chi connectivity index (χ0) is 10.3. The van der Waals surface area contributed by atoms with E-state index in [2.05, 4.69) is 4.98 Å². The molecule has 0 bridgehead atoms. The Balaban J connectivity index is 2.80. The van der Waals surface area contributed by atoms with Crippen LogP contribution >= 0.6 is 11.3 Å². The van der Waals surface area contributed by atoms with Crippen LogP contribution in [0.1, 0.15) is 11.1 Å². The van der Waals surface area contributed by atoms with E-state index in [9.17, 15) is 13.2 Å². The Bertz CT molecular complexity index is 472. The minimum atomic E-state index is -4.29. The van der Waals surface area contributed by atoms with Crippen LogP contribution in [0, 0.1) is 6.92 Å². The van der Waals surface area contributed by atoms with Gasteiger partial charge in [0.15, 0.2) is 0 Å². The highest BCUT2D eigenvalue weighted by molar-refractivity contribution is 7.17. The number of hydrogen-bond acceptors (Lipinski definition) is 2. The Morgan fingerprint density at radius 2 is 2.00 bits per heavy atom. The molecule has 0 radical (unpaired) electrons. The predicted molar refractivity (Wildman–Crippen MR) is 49.4 cm³/mol. The standard InChI is InChI=1S/C9H6F3NS/c1-5-2-3-6(9(10,11)12)8-7(5)13-4-14-8/h2-4H,1H3. The predicted octanol–water partition coefficient (Wildman–Crippen LogP) is 3.62. The maximum atomic E-state index is 12.5. The average Bonchev–Trinajstić information content (AvgIpc) is 2.50. The lowest BCUT2D eigenvalue weighted by Crippen LogP contribution is -2.04. The van der Waals surface area contributed by atoms with E-state index >= 15 is 0 Å². The average molecular weight is 217 g/mol. The second-order valence-electron chi connectivity index (χ2n) is 2.96. The number of nitrogens with zero attached hydrogens (tertiary/aromatic N) is 1. The van der Waals surface area contributed by atoms with E-state index < -0.39 is 11.7 Å². The minimum absolute atomic E-state index is 0.220. The van der Waals surface area contributed by atoms with E-state index in [4.69, 9.17) is 0 Å². The van der Waals surface area contributed by atoms with Crippen LogP contribution in [0.2, 0.25) is 0 Å². The summed E-state index contributed by atoms with van der Waals surface area (Å²) in [5.41, 5.74) is 2.06. The molecule has 0 atom stereocenters. The number of alkyl halides is 3. The summed E-state index contributed by atoms with van der Waals surface area (Å²) in [6, 6.07) is 2.56. The van der Waals surface area contributed by atoms with E-state index in [0.29, 0.717) is 5.52 Å². The van der Waals surface area contributed by atoms with Crippen molar-refractivity contribution in [2.45, 2.75) is 13.1 Å². The summed E-state index contributed by atoms with van der Waals surface area (Å²) in [6.07, 6.45) is -4.29. The van der Waals surface area contributed by atoms with Gasteiger partial charge < -0.3 is 0 Å². The van der Waals surface area contributed by atoms with Gasteiger partial charge in [-0.2, -0.15) is 13.2 Å². The second-order valence-corrected chi connectivity index (χ2v) is 3.81. The lowest BCUT2D eigenvalue weighted by molar-refractivity contribution is -0.136. The number of rotatable bonds is 0. The maximum Gasteiger partial charge on any atom is 0.417 e. The summed E-state index contributed by atoms with van der Waals surface area (Å²) in [5, 5.41) is 0. The highest BCUT2D eigenvalue weighted by atomic mass is 32.1. The molecule has 0 aliphatic rings. The Morgan fingerprint density at radius 1 is 1.29 bits per heavy atom. The first-order valence-corrected chi connectivity index (χ1v) is 4.78. The van der Waals surface area contributed by atoms with Crippen LogP contribution in [-0.4, -0.2) is 4.98 Å². The van der Waals surface area contributed by atoms with Gasteiger partial charge >= 0.3 is 6.18 Å². The number of benzene rings is 1. The number of halogens is 3. The fourth-order valence-electron chi connectivity index (χ4n) is 1.30. The molecule has 0 saturated carbocycles. The molecular formula is C9H6F3NS. The van der Waals surface area contributed by atoms with Crippen molar-refractivity contribution in [3.8, 4) is 0 Å². The lowest BCUT2D eigenvalue weighted by Gasteiger charge is -2.07. The highest BCUT2D eigenvalue weighted by Crippen LogP contribution is 2.37. The third-order valence-electron chi connectivity index (χ3n) is 1.99. The summed E-state index contributed by atoms with van der Waals surface area (Å²) in [5.74, 6) is 0. The number of fused-ring (bicyclic) bond motifs is 1. The molecule has 5 heteroatoms. The van der Waals surface area contributed by atoms with E-state index in [1.165, 1.54) is 11.6 Å². The quantitative estimate of drug-likeness (QED) is 0.656. The Morgan fingerprint density at radius 3 is 2.64 bits per heavy atom. The fourth-order valence-corrected chi connectivity index (χ4v) is 2.20. The van der Waals surface area contributed by atoms with Gasteiger partial charge in [-0.3, -0.25) is 0 Å². The van der Waals surface area contributed by atoms with Crippen LogP contribution in [0.25, 0.3) is 10.2 Å². The van der Waals surface area contributed by atoms with E-state index in [1.807, 2.05) is 0 Å². The van der Waals surface area contributed by atoms with Gasteiger partial charge in [-0.25, -0.2) is 4.98 Å². The van der Waals surface area contributed by atoms with Gasteiger partial charge in [-0.1, -0.05) is 6.07 Å². The number of aromatic nitrogens is 1. The maximum absolute atomic E-state index is 12.5. The number of thiazole rings is 1. The van der Waals surface area contributed by atoms with E-state index in [0.717, 1.165) is 23.0 Å². The molecule has 0 aliphatic heterocycles. The summed E-state index contributed by atoms with van der Waals surface area (Å²) in [6.45, 7) is 1.75. The largest absolute Gasteiger partial charge is 0.417 e. The molecule has 0 N–H and O–H groups in total. The van der Waals surface area contributed by atoms with Crippen molar-refractivity contribution in [3.05, 3.63) is 28.8 Å². The molecule has 2 rings (SSSR count). The smallest absolute Gasteiger partial charge is 0.244 e. The van der Waals surface area contributed by atoms with Crippen molar-refractivity contribution in [1.82, 2.24) is 4.98 Å². The summed E-state index contributed by atoms with van der Waals surface area (Å²) < 4.78 is 37.7. The van der Waals surface area contributed by atoms with Crippen LogP contribution in [0.4, 0.5) is 13.2 Å². The van der Waals surface area contributed by atoms with Gasteiger partial charge in [0.05, 0.1) is 21.3 Å². The van der Waals surface area contributed by atoms with Crippen molar-refractivity contribution in [1.29, 1.82) is 0 Å². The van der Waals surface area contributed by atoms with Gasteiger partial charge in [0.1, 0.15) is 0 Å². The molecule has 1 aromatic carbocycles. The number of aryl methyl sites for hydroxylation is 1. The second kappa shape index (κ2) is 2.95. The third kappa shape index (κ3) is 1.37. The van der Waals surface area contributed by atoms with E-state index in [1.54, 1.807) is 6.92 Å². The van der Waals surface area contributed by atoms with Gasteiger partial charge in [-0.05, 0) is 18.6 Å². The first kappa shape index (κ1) is 9.45. The molecule has 0 spiro atoms. The molecule has 1 nitrogen and oxygen atoms in total. The van der Waals surface area contributed by atoms with Crippen LogP contribution in [0.15, 0.2) is 17.6 Å². The topological polar surface area (TPSA) is 12.9 Å². The van der Waals surface area contributed by atoms with Gasteiger partial charge in [0.2, 0.25) is 0 Å². The molecular weight excluding hydrogens is 211 g/mol. The monoisotopic (exact) mass is 217 g/mol. The van der Waals surface area contributed by atoms with E-state index in [-0.39, 0.29) is 4.70 Å². The Kier molecular flexibility index (Phi) is 1.99. The van der Waals surface area contributed by atoms with Crippen molar-refractivity contribution in [3.63, 3.8) is 0 Å². The normalized spacial score (nSPS) is 12.3. The fraction of sp³-hybridized carbons (Fsp3) is 0.222. The molecule has 0 aliphatic carbocycles. The van der Waals surface area contributed by atoms with Crippen LogP contribution in [0.5, 0.6) is 0 Å². The molecule has 14 heavy (non-hydrogen) atoms. The van der Waals surface area contributed by atoms with Crippen molar-refractivity contribution < 1.29 is 13.2 Å².